The van der Waals surface area contributed by atoms with Crippen molar-refractivity contribution >= 4 is 17.7 Å². The summed E-state index contributed by atoms with van der Waals surface area (Å²) in [5.74, 6) is -0.640. The minimum Gasteiger partial charge on any atom is -0.442 e. The molecular weight excluding hydrogens is 389 g/mol. The van der Waals surface area contributed by atoms with Crippen LogP contribution in [0.4, 0.5) is 14.9 Å². The summed E-state index contributed by atoms with van der Waals surface area (Å²) in [5.41, 5.74) is 2.57. The normalized spacial score (nSPS) is 15.9. The molecule has 1 fully saturated rings. The summed E-state index contributed by atoms with van der Waals surface area (Å²) >= 11 is 0. The maximum atomic E-state index is 14.8. The van der Waals surface area contributed by atoms with Gasteiger partial charge in [0.05, 0.1) is 37.7 Å². The highest BCUT2D eigenvalue weighted by molar-refractivity contribution is 5.90. The highest BCUT2D eigenvalue weighted by Crippen LogP contribution is 2.29. The molecule has 2 amide bonds. The number of halogens is 1. The van der Waals surface area contributed by atoms with Gasteiger partial charge in [-0.3, -0.25) is 9.69 Å². The average molecular weight is 409 g/mol. The lowest BCUT2D eigenvalue weighted by atomic mass is 10.0. The smallest absolute Gasteiger partial charge is 0.414 e. The second-order valence-corrected chi connectivity index (χ2v) is 6.97. The summed E-state index contributed by atoms with van der Waals surface area (Å²) in [5, 5.41) is 10.7. The van der Waals surface area contributed by atoms with Crippen molar-refractivity contribution in [2.75, 3.05) is 18.0 Å². The number of carbonyl (C=O) groups excluding carboxylic acids is 2. The van der Waals surface area contributed by atoms with E-state index in [1.54, 1.807) is 29.3 Å². The fraction of sp³-hybridized carbons (Fsp3) is 0.238. The van der Waals surface area contributed by atoms with E-state index in [-0.39, 0.29) is 19.0 Å². The van der Waals surface area contributed by atoms with Crippen LogP contribution in [0.15, 0.2) is 54.9 Å². The van der Waals surface area contributed by atoms with E-state index in [4.69, 9.17) is 4.74 Å². The SMILES string of the molecule is CC(=O)NCC1CN(c2ccc(-c3ccc(Cn4nccn4)cc3)c(F)c2)C(=O)O1. The van der Waals surface area contributed by atoms with Gasteiger partial charge in [0, 0.05) is 12.5 Å². The summed E-state index contributed by atoms with van der Waals surface area (Å²) in [7, 11) is 0. The third-order valence-electron chi connectivity index (χ3n) is 4.77. The molecular formula is C21H20FN5O3. The average Bonchev–Trinajstić information content (AvgIpc) is 3.36. The lowest BCUT2D eigenvalue weighted by Crippen LogP contribution is -2.33. The zero-order chi connectivity index (χ0) is 21.1. The number of hydrogen-bond donors (Lipinski definition) is 1. The van der Waals surface area contributed by atoms with E-state index in [9.17, 15) is 14.0 Å². The Labute approximate surface area is 172 Å². The molecule has 0 saturated carbocycles. The molecule has 1 atom stereocenters. The lowest BCUT2D eigenvalue weighted by molar-refractivity contribution is -0.119. The van der Waals surface area contributed by atoms with Crippen molar-refractivity contribution in [2.24, 2.45) is 0 Å². The van der Waals surface area contributed by atoms with Gasteiger partial charge in [0.15, 0.2) is 0 Å². The minimum atomic E-state index is -0.561. The Morgan fingerprint density at radius 3 is 2.60 bits per heavy atom. The van der Waals surface area contributed by atoms with Crippen LogP contribution < -0.4 is 10.2 Å². The summed E-state index contributed by atoms with van der Waals surface area (Å²) in [6, 6.07) is 12.1. The van der Waals surface area contributed by atoms with Crippen LogP contribution >= 0.6 is 0 Å². The van der Waals surface area contributed by atoms with Crippen molar-refractivity contribution < 1.29 is 18.7 Å². The standard InChI is InChI=1S/C21H20FN5O3/c1-14(28)23-11-18-13-26(21(29)30-18)17-6-7-19(20(22)10-17)16-4-2-15(3-5-16)12-27-24-8-9-25-27/h2-10,18H,11-13H2,1H3,(H,23,28). The molecule has 2 heterocycles. The molecule has 0 aliphatic carbocycles. The van der Waals surface area contributed by atoms with Crippen molar-refractivity contribution in [3.63, 3.8) is 0 Å². The van der Waals surface area contributed by atoms with Gasteiger partial charge in [0.1, 0.15) is 11.9 Å². The molecule has 30 heavy (non-hydrogen) atoms. The molecule has 0 radical (unpaired) electrons. The van der Waals surface area contributed by atoms with Gasteiger partial charge in [-0.1, -0.05) is 24.3 Å². The summed E-state index contributed by atoms with van der Waals surface area (Å²) < 4.78 is 20.0. The number of aromatic nitrogens is 3. The maximum Gasteiger partial charge on any atom is 0.414 e. The lowest BCUT2D eigenvalue weighted by Gasteiger charge is -2.14. The van der Waals surface area contributed by atoms with Gasteiger partial charge < -0.3 is 10.1 Å². The Hall–Kier alpha value is -3.75. The Balaban J connectivity index is 1.47. The molecule has 9 heteroatoms. The van der Waals surface area contributed by atoms with E-state index in [0.29, 0.717) is 17.8 Å². The number of cyclic esters (lactones) is 1. The van der Waals surface area contributed by atoms with Crippen LogP contribution in [0.25, 0.3) is 11.1 Å². The number of benzene rings is 2. The number of rotatable bonds is 6. The first-order valence-corrected chi connectivity index (χ1v) is 9.45. The molecule has 2 aromatic carbocycles. The fourth-order valence-electron chi connectivity index (χ4n) is 3.28. The van der Waals surface area contributed by atoms with Crippen LogP contribution in [0, 0.1) is 5.82 Å². The number of carbonyl (C=O) groups is 2. The molecule has 1 aliphatic rings. The number of hydrogen-bond acceptors (Lipinski definition) is 5. The third kappa shape index (κ3) is 4.29. The van der Waals surface area contributed by atoms with Crippen LogP contribution in [-0.2, 0) is 16.1 Å². The molecule has 1 aliphatic heterocycles. The van der Waals surface area contributed by atoms with Crippen molar-refractivity contribution in [1.82, 2.24) is 20.3 Å². The molecule has 8 nitrogen and oxygen atoms in total. The van der Waals surface area contributed by atoms with Gasteiger partial charge in [0.25, 0.3) is 0 Å². The number of nitrogens with one attached hydrogen (secondary N) is 1. The zero-order valence-electron chi connectivity index (χ0n) is 16.3. The molecule has 154 valence electrons. The Bertz CT molecular complexity index is 1050. The fourth-order valence-corrected chi connectivity index (χ4v) is 3.28. The first-order valence-electron chi connectivity index (χ1n) is 9.45. The first kappa shape index (κ1) is 19.6. The number of ether oxygens (including phenoxy) is 1. The van der Waals surface area contributed by atoms with Crippen molar-refractivity contribution in [2.45, 2.75) is 19.6 Å². The molecule has 1 unspecified atom stereocenters. The predicted octanol–water partition coefficient (Wildman–Crippen LogP) is 2.59. The van der Waals surface area contributed by atoms with Crippen molar-refractivity contribution in [3.05, 3.63) is 66.2 Å². The number of nitrogens with zero attached hydrogens (tertiary/aromatic N) is 4. The second kappa shape index (κ2) is 8.32. The molecule has 3 aromatic rings. The Morgan fingerprint density at radius 1 is 1.20 bits per heavy atom. The molecule has 1 aromatic heterocycles. The molecule has 0 spiro atoms. The quantitative estimate of drug-likeness (QED) is 0.676. The molecule has 1 N–H and O–H groups in total. The molecule has 1 saturated heterocycles. The van der Waals surface area contributed by atoms with Gasteiger partial charge in [-0.05, 0) is 29.3 Å². The van der Waals surface area contributed by atoms with Gasteiger partial charge >= 0.3 is 6.09 Å². The van der Waals surface area contributed by atoms with E-state index < -0.39 is 18.0 Å². The number of amides is 2. The van der Waals surface area contributed by atoms with E-state index in [0.717, 1.165) is 11.1 Å². The number of anilines is 1. The highest BCUT2D eigenvalue weighted by atomic mass is 19.1. The largest absolute Gasteiger partial charge is 0.442 e. The van der Waals surface area contributed by atoms with Crippen molar-refractivity contribution in [3.8, 4) is 11.1 Å². The van der Waals surface area contributed by atoms with Crippen LogP contribution in [0.1, 0.15) is 12.5 Å². The van der Waals surface area contributed by atoms with Crippen molar-refractivity contribution in [1.29, 1.82) is 0 Å². The van der Waals surface area contributed by atoms with Crippen LogP contribution in [0.5, 0.6) is 0 Å². The maximum absolute atomic E-state index is 14.8. The first-order chi connectivity index (χ1) is 14.5. The minimum absolute atomic E-state index is 0.202. The van der Waals surface area contributed by atoms with Gasteiger partial charge in [-0.15, -0.1) is 0 Å². The Kier molecular flexibility index (Phi) is 5.42. The van der Waals surface area contributed by atoms with Gasteiger partial charge in [0.2, 0.25) is 5.91 Å². The third-order valence-corrected chi connectivity index (χ3v) is 4.77. The van der Waals surface area contributed by atoms with Crippen LogP contribution in [-0.4, -0.2) is 46.2 Å². The molecule has 4 rings (SSSR count). The zero-order valence-corrected chi connectivity index (χ0v) is 16.3. The van der Waals surface area contributed by atoms with E-state index in [1.165, 1.54) is 17.9 Å². The Morgan fingerprint density at radius 2 is 1.93 bits per heavy atom. The summed E-state index contributed by atoms with van der Waals surface area (Å²) in [6.07, 6.45) is 2.20. The van der Waals surface area contributed by atoms with E-state index in [1.807, 2.05) is 24.3 Å². The van der Waals surface area contributed by atoms with Crippen LogP contribution in [0.3, 0.4) is 0 Å². The summed E-state index contributed by atoms with van der Waals surface area (Å²) in [4.78, 5) is 26.1. The van der Waals surface area contributed by atoms with E-state index >= 15 is 0 Å². The van der Waals surface area contributed by atoms with Crippen LogP contribution in [0.2, 0.25) is 0 Å². The summed E-state index contributed by atoms with van der Waals surface area (Å²) in [6.45, 7) is 2.39. The highest BCUT2D eigenvalue weighted by Gasteiger charge is 2.32. The molecule has 0 bridgehead atoms. The second-order valence-electron chi connectivity index (χ2n) is 6.97. The van der Waals surface area contributed by atoms with Gasteiger partial charge in [-0.2, -0.15) is 15.0 Å². The topological polar surface area (TPSA) is 89.4 Å². The monoisotopic (exact) mass is 409 g/mol. The van der Waals surface area contributed by atoms with Gasteiger partial charge in [-0.25, -0.2) is 9.18 Å². The predicted molar refractivity (Wildman–Crippen MR) is 107 cm³/mol. The van der Waals surface area contributed by atoms with E-state index in [2.05, 4.69) is 15.5 Å².